The van der Waals surface area contributed by atoms with Gasteiger partial charge in [0.05, 0.1) is 0 Å². The lowest BCUT2D eigenvalue weighted by molar-refractivity contribution is 1.11. The fourth-order valence-corrected chi connectivity index (χ4v) is 2.56. The highest BCUT2D eigenvalue weighted by Gasteiger charge is 2.02. The van der Waals surface area contributed by atoms with Crippen molar-refractivity contribution in [1.82, 2.24) is 0 Å². The van der Waals surface area contributed by atoms with Gasteiger partial charge in [0.25, 0.3) is 0 Å². The summed E-state index contributed by atoms with van der Waals surface area (Å²) in [5.74, 6) is 0. The number of fused-ring (bicyclic) bond motifs is 1. The summed E-state index contributed by atoms with van der Waals surface area (Å²) in [6.07, 6.45) is 0. The summed E-state index contributed by atoms with van der Waals surface area (Å²) in [5, 5.41) is 6.13. The molecule has 3 rings (SSSR count). The minimum atomic E-state index is 0.863. The van der Waals surface area contributed by atoms with Gasteiger partial charge in [0.1, 0.15) is 0 Å². The van der Waals surface area contributed by atoms with E-state index in [4.69, 9.17) is 0 Å². The molecule has 1 nitrogen and oxygen atoms in total. The first-order chi connectivity index (χ1) is 9.74. The lowest BCUT2D eigenvalue weighted by Gasteiger charge is -2.12. The molecule has 0 saturated heterocycles. The van der Waals surface area contributed by atoms with E-state index in [9.17, 15) is 0 Å². The molecular formula is C19H19N. The third kappa shape index (κ3) is 2.53. The first-order valence-electron chi connectivity index (χ1n) is 7.02. The van der Waals surface area contributed by atoms with Crippen molar-refractivity contribution in [2.75, 3.05) is 5.32 Å². The Bertz CT molecular complexity index is 738. The number of benzene rings is 3. The molecule has 0 radical (unpaired) electrons. The van der Waals surface area contributed by atoms with Gasteiger partial charge in [0.2, 0.25) is 0 Å². The third-order valence-corrected chi connectivity index (χ3v) is 3.76. The summed E-state index contributed by atoms with van der Waals surface area (Å²) in [7, 11) is 0. The number of hydrogen-bond donors (Lipinski definition) is 1. The number of rotatable bonds is 3. The van der Waals surface area contributed by atoms with Gasteiger partial charge in [-0.05, 0) is 36.4 Å². The lowest BCUT2D eigenvalue weighted by atomic mass is 10.0. The van der Waals surface area contributed by atoms with Crippen LogP contribution in [0.25, 0.3) is 10.8 Å². The van der Waals surface area contributed by atoms with Crippen LogP contribution < -0.4 is 5.32 Å². The maximum absolute atomic E-state index is 3.57. The quantitative estimate of drug-likeness (QED) is 0.694. The Kier molecular flexibility index (Phi) is 3.42. The molecule has 0 heterocycles. The minimum absolute atomic E-state index is 0.863. The predicted octanol–water partition coefficient (Wildman–Crippen LogP) is 5.07. The topological polar surface area (TPSA) is 12.0 Å². The minimum Gasteiger partial charge on any atom is -0.380 e. The van der Waals surface area contributed by atoms with E-state index in [0.717, 1.165) is 6.54 Å². The Morgan fingerprint density at radius 1 is 0.850 bits per heavy atom. The zero-order valence-electron chi connectivity index (χ0n) is 12.0. The molecule has 20 heavy (non-hydrogen) atoms. The van der Waals surface area contributed by atoms with Gasteiger partial charge in [-0.2, -0.15) is 0 Å². The molecule has 0 aromatic heterocycles. The van der Waals surface area contributed by atoms with Gasteiger partial charge in [0.15, 0.2) is 0 Å². The van der Waals surface area contributed by atoms with Crippen LogP contribution in [0.5, 0.6) is 0 Å². The van der Waals surface area contributed by atoms with Crippen molar-refractivity contribution in [2.24, 2.45) is 0 Å². The van der Waals surface area contributed by atoms with Gasteiger partial charge in [-0.15, -0.1) is 0 Å². The van der Waals surface area contributed by atoms with Crippen molar-refractivity contribution < 1.29 is 0 Å². The highest BCUT2D eigenvalue weighted by molar-refractivity contribution is 5.93. The monoisotopic (exact) mass is 261 g/mol. The summed E-state index contributed by atoms with van der Waals surface area (Å²) in [6, 6.07) is 21.5. The standard InChI is InChI=1S/C19H19N/c1-14-10-11-15(2)17(12-14)13-20-19-9-5-7-16-6-3-4-8-18(16)19/h3-12,20H,13H2,1-2H3. The van der Waals surface area contributed by atoms with Crippen molar-refractivity contribution in [3.8, 4) is 0 Å². The lowest BCUT2D eigenvalue weighted by Crippen LogP contribution is -2.02. The van der Waals surface area contributed by atoms with Gasteiger partial charge in [0, 0.05) is 17.6 Å². The normalized spacial score (nSPS) is 10.7. The van der Waals surface area contributed by atoms with Crippen LogP contribution in [0.4, 0.5) is 5.69 Å². The maximum atomic E-state index is 3.57. The molecule has 0 spiro atoms. The van der Waals surface area contributed by atoms with Gasteiger partial charge in [-0.1, -0.05) is 60.2 Å². The van der Waals surface area contributed by atoms with Crippen LogP contribution in [0.1, 0.15) is 16.7 Å². The van der Waals surface area contributed by atoms with Gasteiger partial charge in [-0.25, -0.2) is 0 Å². The van der Waals surface area contributed by atoms with Crippen LogP contribution in [-0.4, -0.2) is 0 Å². The average molecular weight is 261 g/mol. The highest BCUT2D eigenvalue weighted by atomic mass is 14.9. The fourth-order valence-electron chi connectivity index (χ4n) is 2.56. The van der Waals surface area contributed by atoms with Gasteiger partial charge in [-0.3, -0.25) is 0 Å². The second-order valence-electron chi connectivity index (χ2n) is 5.31. The Labute approximate surface area is 120 Å². The average Bonchev–Trinajstić information content (AvgIpc) is 2.48. The molecule has 0 saturated carbocycles. The number of nitrogens with one attached hydrogen (secondary N) is 1. The first-order valence-corrected chi connectivity index (χ1v) is 7.02. The van der Waals surface area contributed by atoms with E-state index in [0.29, 0.717) is 0 Å². The van der Waals surface area contributed by atoms with E-state index in [2.05, 4.69) is 79.8 Å². The summed E-state index contributed by atoms with van der Waals surface area (Å²) in [5.41, 5.74) is 5.20. The molecule has 0 fully saturated rings. The van der Waals surface area contributed by atoms with E-state index in [1.807, 2.05) is 0 Å². The fraction of sp³-hybridized carbons (Fsp3) is 0.158. The predicted molar refractivity (Wildman–Crippen MR) is 87.2 cm³/mol. The summed E-state index contributed by atoms with van der Waals surface area (Å²) < 4.78 is 0. The van der Waals surface area contributed by atoms with E-state index in [1.54, 1.807) is 0 Å². The molecule has 0 aliphatic heterocycles. The van der Waals surface area contributed by atoms with E-state index in [-0.39, 0.29) is 0 Å². The molecule has 100 valence electrons. The Balaban J connectivity index is 1.89. The molecular weight excluding hydrogens is 242 g/mol. The van der Waals surface area contributed by atoms with Crippen LogP contribution in [0.3, 0.4) is 0 Å². The van der Waals surface area contributed by atoms with Crippen LogP contribution >= 0.6 is 0 Å². The molecule has 0 unspecified atom stereocenters. The number of hydrogen-bond acceptors (Lipinski definition) is 1. The summed E-state index contributed by atoms with van der Waals surface area (Å²) >= 11 is 0. The van der Waals surface area contributed by atoms with Crippen LogP contribution in [0, 0.1) is 13.8 Å². The van der Waals surface area contributed by atoms with Crippen LogP contribution in [-0.2, 0) is 6.54 Å². The third-order valence-electron chi connectivity index (χ3n) is 3.76. The van der Waals surface area contributed by atoms with E-state index < -0.39 is 0 Å². The van der Waals surface area contributed by atoms with Crippen LogP contribution in [0.2, 0.25) is 0 Å². The molecule has 0 aliphatic rings. The highest BCUT2D eigenvalue weighted by Crippen LogP contribution is 2.24. The second-order valence-corrected chi connectivity index (χ2v) is 5.31. The van der Waals surface area contributed by atoms with Gasteiger partial charge < -0.3 is 5.32 Å². The van der Waals surface area contributed by atoms with Crippen molar-refractivity contribution in [3.63, 3.8) is 0 Å². The molecule has 0 bridgehead atoms. The van der Waals surface area contributed by atoms with Crippen molar-refractivity contribution in [3.05, 3.63) is 77.4 Å². The second kappa shape index (κ2) is 5.38. The Morgan fingerprint density at radius 3 is 2.55 bits per heavy atom. The zero-order valence-corrected chi connectivity index (χ0v) is 12.0. The maximum Gasteiger partial charge on any atom is 0.0422 e. The molecule has 3 aromatic carbocycles. The smallest absolute Gasteiger partial charge is 0.0422 e. The largest absolute Gasteiger partial charge is 0.380 e. The molecule has 1 N–H and O–H groups in total. The first kappa shape index (κ1) is 12.7. The Morgan fingerprint density at radius 2 is 1.65 bits per heavy atom. The number of anilines is 1. The van der Waals surface area contributed by atoms with Crippen molar-refractivity contribution >= 4 is 16.5 Å². The number of aryl methyl sites for hydroxylation is 2. The van der Waals surface area contributed by atoms with Crippen molar-refractivity contribution in [1.29, 1.82) is 0 Å². The molecule has 0 amide bonds. The van der Waals surface area contributed by atoms with Crippen LogP contribution in [0.15, 0.2) is 60.7 Å². The molecule has 0 atom stereocenters. The summed E-state index contributed by atoms with van der Waals surface area (Å²) in [4.78, 5) is 0. The zero-order chi connectivity index (χ0) is 13.9. The molecule has 1 heteroatoms. The van der Waals surface area contributed by atoms with E-state index >= 15 is 0 Å². The van der Waals surface area contributed by atoms with E-state index in [1.165, 1.54) is 33.2 Å². The summed E-state index contributed by atoms with van der Waals surface area (Å²) in [6.45, 7) is 5.17. The molecule has 3 aromatic rings. The Hall–Kier alpha value is -2.28. The van der Waals surface area contributed by atoms with Crippen molar-refractivity contribution in [2.45, 2.75) is 20.4 Å². The SMILES string of the molecule is Cc1ccc(C)c(CNc2cccc3ccccc23)c1. The van der Waals surface area contributed by atoms with Gasteiger partial charge >= 0.3 is 0 Å². The molecule has 0 aliphatic carbocycles.